The average molecular weight is 277 g/mol. The molecule has 1 rings (SSSR count). The first kappa shape index (κ1) is 15.9. The summed E-state index contributed by atoms with van der Waals surface area (Å²) in [6, 6.07) is 0. The van der Waals surface area contributed by atoms with Gasteiger partial charge in [-0.3, -0.25) is 0 Å². The molecule has 6 heteroatoms. The Morgan fingerprint density at radius 2 is 2.00 bits per heavy atom. The second-order valence-electron chi connectivity index (χ2n) is 4.97. The Labute approximate surface area is 112 Å². The molecule has 0 radical (unpaired) electrons. The van der Waals surface area contributed by atoms with Gasteiger partial charge in [0.25, 0.3) is 10.2 Å². The van der Waals surface area contributed by atoms with Crippen molar-refractivity contribution in [1.29, 1.82) is 0 Å². The lowest BCUT2D eigenvalue weighted by molar-refractivity contribution is 0.318. The van der Waals surface area contributed by atoms with Crippen molar-refractivity contribution in [3.05, 3.63) is 0 Å². The maximum atomic E-state index is 12.5. The van der Waals surface area contributed by atoms with Gasteiger partial charge >= 0.3 is 0 Å². The highest BCUT2D eigenvalue weighted by Crippen LogP contribution is 2.13. The van der Waals surface area contributed by atoms with Crippen LogP contribution in [-0.4, -0.2) is 56.3 Å². The molecule has 1 N–H and O–H groups in total. The van der Waals surface area contributed by atoms with E-state index in [4.69, 9.17) is 0 Å². The fraction of sp³-hybridized carbons (Fsp3) is 1.00. The van der Waals surface area contributed by atoms with Crippen LogP contribution in [0.2, 0.25) is 0 Å². The normalized spacial score (nSPS) is 20.9. The minimum absolute atomic E-state index is 0.407. The van der Waals surface area contributed by atoms with E-state index in [0.29, 0.717) is 32.1 Å². The van der Waals surface area contributed by atoms with Gasteiger partial charge in [-0.25, -0.2) is 0 Å². The van der Waals surface area contributed by atoms with E-state index in [0.717, 1.165) is 25.9 Å². The molecule has 0 aromatic carbocycles. The van der Waals surface area contributed by atoms with Gasteiger partial charge in [0.1, 0.15) is 0 Å². The molecule has 1 unspecified atom stereocenters. The van der Waals surface area contributed by atoms with E-state index < -0.39 is 10.2 Å². The van der Waals surface area contributed by atoms with Crippen LogP contribution >= 0.6 is 0 Å². The zero-order valence-corrected chi connectivity index (χ0v) is 12.7. The summed E-state index contributed by atoms with van der Waals surface area (Å²) in [7, 11) is -3.28. The zero-order valence-electron chi connectivity index (χ0n) is 11.9. The van der Waals surface area contributed by atoms with E-state index in [1.165, 1.54) is 0 Å². The summed E-state index contributed by atoms with van der Waals surface area (Å²) in [6.45, 7) is 10.2. The SMILES string of the molecule is CCC(C)CN(CC)S(=O)(=O)N1CCCNCC1. The third kappa shape index (κ3) is 4.19. The topological polar surface area (TPSA) is 52.7 Å². The molecular weight excluding hydrogens is 250 g/mol. The number of nitrogens with one attached hydrogen (secondary N) is 1. The van der Waals surface area contributed by atoms with Gasteiger partial charge in [0.15, 0.2) is 0 Å². The molecule has 0 bridgehead atoms. The molecule has 1 atom stereocenters. The smallest absolute Gasteiger partial charge is 0.282 e. The summed E-state index contributed by atoms with van der Waals surface area (Å²) in [4.78, 5) is 0. The van der Waals surface area contributed by atoms with Crippen molar-refractivity contribution in [2.75, 3.05) is 39.3 Å². The van der Waals surface area contributed by atoms with Crippen molar-refractivity contribution in [2.45, 2.75) is 33.6 Å². The molecule has 0 aromatic rings. The Hall–Kier alpha value is -0.170. The van der Waals surface area contributed by atoms with Gasteiger partial charge in [-0.15, -0.1) is 0 Å². The highest BCUT2D eigenvalue weighted by molar-refractivity contribution is 7.86. The second kappa shape index (κ2) is 7.43. The molecule has 5 nitrogen and oxygen atoms in total. The lowest BCUT2D eigenvalue weighted by Gasteiger charge is -2.29. The first-order chi connectivity index (χ1) is 8.52. The van der Waals surface area contributed by atoms with Gasteiger partial charge in [0.05, 0.1) is 0 Å². The number of rotatable bonds is 6. The van der Waals surface area contributed by atoms with Gasteiger partial charge < -0.3 is 5.32 Å². The van der Waals surface area contributed by atoms with Crippen molar-refractivity contribution < 1.29 is 8.42 Å². The van der Waals surface area contributed by atoms with Gasteiger partial charge in [0.2, 0.25) is 0 Å². The minimum Gasteiger partial charge on any atom is -0.315 e. The van der Waals surface area contributed by atoms with Crippen LogP contribution in [0.3, 0.4) is 0 Å². The van der Waals surface area contributed by atoms with E-state index in [1.807, 2.05) is 6.92 Å². The van der Waals surface area contributed by atoms with Crippen LogP contribution in [-0.2, 0) is 10.2 Å². The quantitative estimate of drug-likeness (QED) is 0.784. The summed E-state index contributed by atoms with van der Waals surface area (Å²) in [5.41, 5.74) is 0. The van der Waals surface area contributed by atoms with Gasteiger partial charge in [0, 0.05) is 32.7 Å². The van der Waals surface area contributed by atoms with Crippen molar-refractivity contribution in [3.8, 4) is 0 Å². The Kier molecular flexibility index (Phi) is 6.55. The van der Waals surface area contributed by atoms with Gasteiger partial charge in [-0.05, 0) is 18.9 Å². The molecule has 0 saturated carbocycles. The summed E-state index contributed by atoms with van der Waals surface area (Å²) in [5.74, 6) is 0.407. The van der Waals surface area contributed by atoms with E-state index in [2.05, 4.69) is 19.2 Å². The van der Waals surface area contributed by atoms with Gasteiger partial charge in [-0.2, -0.15) is 17.0 Å². The lowest BCUT2D eigenvalue weighted by atomic mass is 10.1. The Morgan fingerprint density at radius 1 is 1.28 bits per heavy atom. The first-order valence-electron chi connectivity index (χ1n) is 6.98. The van der Waals surface area contributed by atoms with Gasteiger partial charge in [-0.1, -0.05) is 27.2 Å². The molecule has 1 aliphatic rings. The van der Waals surface area contributed by atoms with Crippen molar-refractivity contribution in [3.63, 3.8) is 0 Å². The molecule has 0 aromatic heterocycles. The molecule has 1 saturated heterocycles. The average Bonchev–Trinajstić information content (AvgIpc) is 2.64. The molecule has 1 fully saturated rings. The molecule has 0 amide bonds. The fourth-order valence-corrected chi connectivity index (χ4v) is 3.86. The molecule has 1 aliphatic heterocycles. The van der Waals surface area contributed by atoms with E-state index in [-0.39, 0.29) is 0 Å². The summed E-state index contributed by atoms with van der Waals surface area (Å²) in [6.07, 6.45) is 1.90. The van der Waals surface area contributed by atoms with E-state index >= 15 is 0 Å². The predicted octanol–water partition coefficient (Wildman–Crippen LogP) is 0.895. The number of hydrogen-bond acceptors (Lipinski definition) is 3. The standard InChI is InChI=1S/C12H27N3O2S/c1-4-12(3)11-14(5-2)18(16,17)15-9-6-7-13-8-10-15/h12-13H,4-11H2,1-3H3. The molecular formula is C12H27N3O2S. The lowest BCUT2D eigenvalue weighted by Crippen LogP contribution is -2.46. The second-order valence-corrected chi connectivity index (χ2v) is 6.90. The number of hydrogen-bond donors (Lipinski definition) is 1. The minimum atomic E-state index is -3.28. The third-order valence-corrected chi connectivity index (χ3v) is 5.59. The molecule has 108 valence electrons. The van der Waals surface area contributed by atoms with Crippen molar-refractivity contribution in [2.24, 2.45) is 5.92 Å². The zero-order chi connectivity index (χ0) is 13.6. The van der Waals surface area contributed by atoms with Crippen LogP contribution in [0.25, 0.3) is 0 Å². The van der Waals surface area contributed by atoms with Crippen LogP contribution in [0, 0.1) is 5.92 Å². The van der Waals surface area contributed by atoms with Crippen LogP contribution in [0.15, 0.2) is 0 Å². The molecule has 18 heavy (non-hydrogen) atoms. The molecule has 0 spiro atoms. The summed E-state index contributed by atoms with van der Waals surface area (Å²) < 4.78 is 28.3. The Morgan fingerprint density at radius 3 is 2.61 bits per heavy atom. The van der Waals surface area contributed by atoms with E-state index in [9.17, 15) is 8.42 Å². The number of nitrogens with zero attached hydrogens (tertiary/aromatic N) is 2. The monoisotopic (exact) mass is 277 g/mol. The van der Waals surface area contributed by atoms with Crippen LogP contribution in [0.5, 0.6) is 0 Å². The predicted molar refractivity (Wildman–Crippen MR) is 74.7 cm³/mol. The fourth-order valence-electron chi connectivity index (χ4n) is 2.08. The third-order valence-electron chi connectivity index (χ3n) is 3.52. The maximum absolute atomic E-state index is 12.5. The largest absolute Gasteiger partial charge is 0.315 e. The first-order valence-corrected chi connectivity index (χ1v) is 8.38. The molecule has 0 aliphatic carbocycles. The van der Waals surface area contributed by atoms with Crippen LogP contribution in [0.1, 0.15) is 33.6 Å². The van der Waals surface area contributed by atoms with Crippen molar-refractivity contribution >= 4 is 10.2 Å². The summed E-state index contributed by atoms with van der Waals surface area (Å²) >= 11 is 0. The Balaban J connectivity index is 2.74. The highest BCUT2D eigenvalue weighted by atomic mass is 32.2. The van der Waals surface area contributed by atoms with Crippen LogP contribution < -0.4 is 5.32 Å². The Bertz CT molecular complexity index is 324. The van der Waals surface area contributed by atoms with E-state index in [1.54, 1.807) is 8.61 Å². The highest BCUT2D eigenvalue weighted by Gasteiger charge is 2.29. The van der Waals surface area contributed by atoms with Crippen LogP contribution in [0.4, 0.5) is 0 Å². The maximum Gasteiger partial charge on any atom is 0.282 e. The molecule has 1 heterocycles. The summed E-state index contributed by atoms with van der Waals surface area (Å²) in [5, 5.41) is 3.23. The van der Waals surface area contributed by atoms with Crippen molar-refractivity contribution in [1.82, 2.24) is 13.9 Å².